The van der Waals surface area contributed by atoms with E-state index < -0.39 is 11.0 Å². The van der Waals surface area contributed by atoms with Gasteiger partial charge in [-0.2, -0.15) is 0 Å². The van der Waals surface area contributed by atoms with Crippen LogP contribution in [0, 0.1) is 10.1 Å². The highest BCUT2D eigenvalue weighted by Crippen LogP contribution is 2.18. The van der Waals surface area contributed by atoms with E-state index in [1.54, 1.807) is 19.1 Å². The summed E-state index contributed by atoms with van der Waals surface area (Å²) in [4.78, 5) is 10.2. The van der Waals surface area contributed by atoms with Gasteiger partial charge in [0.15, 0.2) is 0 Å². The lowest BCUT2D eigenvalue weighted by molar-refractivity contribution is -0.384. The van der Waals surface area contributed by atoms with Crippen molar-refractivity contribution in [3.05, 3.63) is 39.9 Å². The highest BCUT2D eigenvalue weighted by molar-refractivity contribution is 5.35. The van der Waals surface area contributed by atoms with E-state index in [0.29, 0.717) is 6.54 Å². The van der Waals surface area contributed by atoms with Gasteiger partial charge in [-0.25, -0.2) is 0 Å². The van der Waals surface area contributed by atoms with Crippen molar-refractivity contribution in [1.82, 2.24) is 5.32 Å². The molecule has 0 spiro atoms. The third kappa shape index (κ3) is 3.60. The number of nitro benzene ring substituents is 1. The maximum Gasteiger partial charge on any atom is 0.269 e. The molecule has 0 amide bonds. The predicted octanol–water partition coefficient (Wildman–Crippen LogP) is 1.63. The van der Waals surface area contributed by atoms with Gasteiger partial charge in [-0.1, -0.05) is 12.1 Å². The maximum atomic E-state index is 10.6. The fourth-order valence-electron chi connectivity index (χ4n) is 1.37. The van der Waals surface area contributed by atoms with Crippen LogP contribution in [0.2, 0.25) is 0 Å². The van der Waals surface area contributed by atoms with Gasteiger partial charge in [0.1, 0.15) is 0 Å². The summed E-state index contributed by atoms with van der Waals surface area (Å²) >= 11 is 0. The van der Waals surface area contributed by atoms with Crippen molar-refractivity contribution in [1.29, 1.82) is 0 Å². The largest absolute Gasteiger partial charge is 0.392 e. The zero-order chi connectivity index (χ0) is 12.1. The van der Waals surface area contributed by atoms with Crippen LogP contribution in [-0.4, -0.2) is 22.7 Å². The van der Waals surface area contributed by atoms with E-state index in [9.17, 15) is 10.1 Å². The maximum absolute atomic E-state index is 10.6. The quantitative estimate of drug-likeness (QED) is 0.588. The van der Waals surface area contributed by atoms with Gasteiger partial charge < -0.3 is 10.4 Å². The van der Waals surface area contributed by atoms with Crippen molar-refractivity contribution in [2.75, 3.05) is 6.54 Å². The number of hydrogen-bond donors (Lipinski definition) is 2. The first kappa shape index (κ1) is 12.6. The Hall–Kier alpha value is -1.46. The Labute approximate surface area is 94.3 Å². The molecule has 0 aliphatic rings. The van der Waals surface area contributed by atoms with E-state index in [1.807, 2.05) is 13.0 Å². The van der Waals surface area contributed by atoms with Crippen molar-refractivity contribution < 1.29 is 10.0 Å². The van der Waals surface area contributed by atoms with E-state index in [1.165, 1.54) is 6.07 Å². The third-order valence-electron chi connectivity index (χ3n) is 2.30. The number of nitrogens with one attached hydrogen (secondary N) is 1. The summed E-state index contributed by atoms with van der Waals surface area (Å²) in [7, 11) is 0. The molecule has 16 heavy (non-hydrogen) atoms. The van der Waals surface area contributed by atoms with Gasteiger partial charge in [-0.05, 0) is 19.4 Å². The summed E-state index contributed by atoms with van der Waals surface area (Å²) in [6, 6.07) is 6.47. The van der Waals surface area contributed by atoms with Crippen LogP contribution >= 0.6 is 0 Å². The van der Waals surface area contributed by atoms with Gasteiger partial charge in [0.2, 0.25) is 0 Å². The Bertz CT molecular complexity index is 366. The Morgan fingerprint density at radius 1 is 1.50 bits per heavy atom. The summed E-state index contributed by atoms with van der Waals surface area (Å²) in [5, 5.41) is 22.8. The molecule has 0 aromatic heterocycles. The first-order valence-corrected chi connectivity index (χ1v) is 5.16. The Kier molecular flexibility index (Phi) is 4.39. The number of benzene rings is 1. The molecular formula is C11H16N2O3. The molecule has 1 aromatic carbocycles. The fraction of sp³-hybridized carbons (Fsp3) is 0.455. The summed E-state index contributed by atoms with van der Waals surface area (Å²) in [6.45, 7) is 4.05. The lowest BCUT2D eigenvalue weighted by Crippen LogP contribution is -2.27. The van der Waals surface area contributed by atoms with Gasteiger partial charge in [-0.3, -0.25) is 10.1 Å². The number of hydrogen-bond acceptors (Lipinski definition) is 4. The zero-order valence-electron chi connectivity index (χ0n) is 9.38. The Balaban J connectivity index is 2.71. The van der Waals surface area contributed by atoms with Gasteiger partial charge in [0.25, 0.3) is 5.69 Å². The van der Waals surface area contributed by atoms with Crippen LogP contribution in [-0.2, 0) is 0 Å². The monoisotopic (exact) mass is 224 g/mol. The number of nitro groups is 1. The predicted molar refractivity (Wildman–Crippen MR) is 61.2 cm³/mol. The third-order valence-corrected chi connectivity index (χ3v) is 2.30. The van der Waals surface area contributed by atoms with E-state index in [0.717, 1.165) is 5.56 Å². The molecule has 0 heterocycles. The molecule has 0 aliphatic carbocycles. The topological polar surface area (TPSA) is 75.4 Å². The fourth-order valence-corrected chi connectivity index (χ4v) is 1.37. The highest BCUT2D eigenvalue weighted by Gasteiger charge is 2.10. The van der Waals surface area contributed by atoms with Crippen LogP contribution in [0.4, 0.5) is 5.69 Å². The van der Waals surface area contributed by atoms with Crippen molar-refractivity contribution in [3.63, 3.8) is 0 Å². The molecule has 0 bridgehead atoms. The molecule has 0 aliphatic heterocycles. The number of nitrogens with zero attached hydrogens (tertiary/aromatic N) is 1. The van der Waals surface area contributed by atoms with Crippen molar-refractivity contribution in [3.8, 4) is 0 Å². The molecule has 0 radical (unpaired) electrons. The van der Waals surface area contributed by atoms with Crippen LogP contribution in [0.3, 0.4) is 0 Å². The molecule has 5 heteroatoms. The molecular weight excluding hydrogens is 208 g/mol. The second kappa shape index (κ2) is 5.58. The van der Waals surface area contributed by atoms with E-state index in [4.69, 9.17) is 5.11 Å². The molecule has 2 unspecified atom stereocenters. The standard InChI is InChI=1S/C11H16N2O3/c1-8(14)7-12-9(2)10-4-3-5-11(6-10)13(15)16/h3-6,8-9,12,14H,7H2,1-2H3. The molecule has 1 aromatic rings. The van der Waals surface area contributed by atoms with Crippen LogP contribution < -0.4 is 5.32 Å². The first-order chi connectivity index (χ1) is 7.50. The second-order valence-electron chi connectivity index (χ2n) is 3.83. The van der Waals surface area contributed by atoms with E-state index in [2.05, 4.69) is 5.32 Å². The Morgan fingerprint density at radius 3 is 2.75 bits per heavy atom. The van der Waals surface area contributed by atoms with Crippen LogP contribution in [0.25, 0.3) is 0 Å². The van der Waals surface area contributed by atoms with Crippen LogP contribution in [0.1, 0.15) is 25.5 Å². The van der Waals surface area contributed by atoms with E-state index in [-0.39, 0.29) is 11.7 Å². The normalized spacial score (nSPS) is 14.4. The van der Waals surface area contributed by atoms with Gasteiger partial charge >= 0.3 is 0 Å². The van der Waals surface area contributed by atoms with E-state index >= 15 is 0 Å². The summed E-state index contributed by atoms with van der Waals surface area (Å²) in [5.41, 5.74) is 0.929. The van der Waals surface area contributed by atoms with Crippen molar-refractivity contribution >= 4 is 5.69 Å². The average Bonchev–Trinajstić information content (AvgIpc) is 2.26. The lowest BCUT2D eigenvalue weighted by atomic mass is 10.1. The molecule has 5 nitrogen and oxygen atoms in total. The highest BCUT2D eigenvalue weighted by atomic mass is 16.6. The number of aliphatic hydroxyl groups is 1. The van der Waals surface area contributed by atoms with Gasteiger partial charge in [-0.15, -0.1) is 0 Å². The number of aliphatic hydroxyl groups excluding tert-OH is 1. The summed E-state index contributed by atoms with van der Waals surface area (Å²) in [6.07, 6.45) is -0.429. The SMILES string of the molecule is CC(O)CNC(C)c1cccc([N+](=O)[O-])c1. The minimum Gasteiger partial charge on any atom is -0.392 e. The number of rotatable bonds is 5. The molecule has 0 saturated carbocycles. The Morgan fingerprint density at radius 2 is 2.19 bits per heavy atom. The minimum absolute atomic E-state index is 0.0190. The summed E-state index contributed by atoms with van der Waals surface area (Å²) < 4.78 is 0. The molecule has 2 atom stereocenters. The molecule has 0 fully saturated rings. The molecule has 2 N–H and O–H groups in total. The van der Waals surface area contributed by atoms with Crippen molar-refractivity contribution in [2.24, 2.45) is 0 Å². The van der Waals surface area contributed by atoms with Gasteiger partial charge in [0.05, 0.1) is 11.0 Å². The molecule has 88 valence electrons. The minimum atomic E-state index is -0.429. The van der Waals surface area contributed by atoms with Crippen molar-refractivity contribution in [2.45, 2.75) is 26.0 Å². The second-order valence-corrected chi connectivity index (χ2v) is 3.83. The summed E-state index contributed by atoms with van der Waals surface area (Å²) in [5.74, 6) is 0. The first-order valence-electron chi connectivity index (χ1n) is 5.16. The zero-order valence-corrected chi connectivity index (χ0v) is 9.38. The smallest absolute Gasteiger partial charge is 0.269 e. The average molecular weight is 224 g/mol. The lowest BCUT2D eigenvalue weighted by Gasteiger charge is -2.15. The number of non-ortho nitro benzene ring substituents is 1. The molecule has 1 rings (SSSR count). The van der Waals surface area contributed by atoms with Crippen LogP contribution in [0.15, 0.2) is 24.3 Å². The molecule has 0 saturated heterocycles. The van der Waals surface area contributed by atoms with Crippen LogP contribution in [0.5, 0.6) is 0 Å². The van der Waals surface area contributed by atoms with Gasteiger partial charge in [0, 0.05) is 24.7 Å².